The average Bonchev–Trinajstić information content (AvgIpc) is 3.17. The monoisotopic (exact) mass is 490 g/mol. The van der Waals surface area contributed by atoms with E-state index < -0.39 is 53.0 Å². The molecule has 0 aromatic heterocycles. The average molecular weight is 491 g/mol. The standard InChI is InChI=1S/C21H25Cl2FN2O6/c1-9(2)5-14(17(27)28)26-18(29)20(24)11-7-15(21(25,16(11)20)19(30)31)32-8-10-3-4-12(22)13(23)6-10/h3-4,6,9,11,14-16H,5,7-8,25H2,1-2H3,(H,26,29)(H,27,28)(H,30,31)/t11-,14+,15-,16+,20-,21+/m1/s1. The third-order valence-corrected chi connectivity index (χ3v) is 7.00. The zero-order valence-corrected chi connectivity index (χ0v) is 19.0. The van der Waals surface area contributed by atoms with E-state index in [4.69, 9.17) is 33.7 Å². The highest BCUT2D eigenvalue weighted by Crippen LogP contribution is 2.67. The Labute approximate surface area is 194 Å². The first-order valence-corrected chi connectivity index (χ1v) is 10.9. The van der Waals surface area contributed by atoms with Crippen LogP contribution in [0.25, 0.3) is 0 Å². The lowest BCUT2D eigenvalue weighted by Crippen LogP contribution is -2.61. The number of nitrogens with two attached hydrogens (primary N) is 1. The maximum absolute atomic E-state index is 15.6. The van der Waals surface area contributed by atoms with Crippen molar-refractivity contribution in [2.45, 2.75) is 56.6 Å². The molecule has 0 spiro atoms. The van der Waals surface area contributed by atoms with Crippen molar-refractivity contribution in [1.29, 1.82) is 0 Å². The number of alkyl halides is 1. The summed E-state index contributed by atoms with van der Waals surface area (Å²) in [4.78, 5) is 36.1. The van der Waals surface area contributed by atoms with Crippen LogP contribution in [-0.4, -0.2) is 51.4 Å². The first-order valence-electron chi connectivity index (χ1n) is 10.1. The van der Waals surface area contributed by atoms with Crippen molar-refractivity contribution in [3.05, 3.63) is 33.8 Å². The van der Waals surface area contributed by atoms with Crippen LogP contribution in [0.1, 0.15) is 32.3 Å². The van der Waals surface area contributed by atoms with Gasteiger partial charge in [-0.05, 0) is 36.5 Å². The van der Waals surface area contributed by atoms with Gasteiger partial charge in [0.2, 0.25) is 0 Å². The number of rotatable bonds is 9. The van der Waals surface area contributed by atoms with Gasteiger partial charge in [0, 0.05) is 11.8 Å². The number of carbonyl (C=O) groups is 3. The van der Waals surface area contributed by atoms with Crippen molar-refractivity contribution >= 4 is 41.0 Å². The quantitative estimate of drug-likeness (QED) is 0.417. The van der Waals surface area contributed by atoms with Gasteiger partial charge >= 0.3 is 11.9 Å². The number of ether oxygens (including phenoxy) is 1. The predicted octanol–water partition coefficient (Wildman–Crippen LogP) is 2.63. The van der Waals surface area contributed by atoms with E-state index >= 15 is 4.39 Å². The molecule has 0 bridgehead atoms. The summed E-state index contributed by atoms with van der Waals surface area (Å²) in [6.45, 7) is 3.50. The van der Waals surface area contributed by atoms with E-state index in [9.17, 15) is 24.6 Å². The fourth-order valence-electron chi connectivity index (χ4n) is 4.61. The zero-order chi connectivity index (χ0) is 24.0. The zero-order valence-electron chi connectivity index (χ0n) is 17.5. The van der Waals surface area contributed by atoms with Gasteiger partial charge in [-0.25, -0.2) is 9.18 Å². The lowest BCUT2D eigenvalue weighted by molar-refractivity contribution is -0.154. The van der Waals surface area contributed by atoms with Crippen molar-refractivity contribution < 1.29 is 33.7 Å². The SMILES string of the molecule is CC(C)C[C@H](NC(=O)[C@@]1(F)[C@@H]2C[C@@H](OCc3ccc(Cl)c(Cl)c3)[C@@](N)(C(=O)O)[C@@H]21)C(=O)O. The van der Waals surface area contributed by atoms with Crippen molar-refractivity contribution in [2.75, 3.05) is 0 Å². The number of nitrogens with one attached hydrogen (secondary N) is 1. The number of fused-ring (bicyclic) bond motifs is 1. The number of aliphatic carboxylic acids is 2. The molecule has 5 N–H and O–H groups in total. The number of carboxylic acid groups (broad SMARTS) is 2. The van der Waals surface area contributed by atoms with E-state index in [-0.39, 0.29) is 25.4 Å². The summed E-state index contributed by atoms with van der Waals surface area (Å²) in [6.07, 6.45) is -1.04. The van der Waals surface area contributed by atoms with Crippen LogP contribution in [0.4, 0.5) is 4.39 Å². The maximum Gasteiger partial charge on any atom is 0.326 e. The fourth-order valence-corrected chi connectivity index (χ4v) is 4.93. The highest BCUT2D eigenvalue weighted by molar-refractivity contribution is 6.42. The van der Waals surface area contributed by atoms with E-state index in [1.54, 1.807) is 32.0 Å². The second-order valence-electron chi connectivity index (χ2n) is 8.87. The minimum absolute atomic E-state index is 0.0335. The van der Waals surface area contributed by atoms with Gasteiger partial charge in [-0.3, -0.25) is 9.59 Å². The van der Waals surface area contributed by atoms with E-state index in [0.717, 1.165) is 0 Å². The Morgan fingerprint density at radius 3 is 2.47 bits per heavy atom. The summed E-state index contributed by atoms with van der Waals surface area (Å²) in [6, 6.07) is 3.49. The van der Waals surface area contributed by atoms with E-state index in [1.807, 2.05) is 0 Å². The van der Waals surface area contributed by atoms with Crippen LogP contribution in [0.2, 0.25) is 10.0 Å². The van der Waals surface area contributed by atoms with Crippen LogP contribution >= 0.6 is 23.2 Å². The van der Waals surface area contributed by atoms with Crippen molar-refractivity contribution in [3.8, 4) is 0 Å². The highest BCUT2D eigenvalue weighted by atomic mass is 35.5. The second kappa shape index (κ2) is 8.78. The molecule has 0 aliphatic heterocycles. The first kappa shape index (κ1) is 24.7. The minimum Gasteiger partial charge on any atom is -0.480 e. The normalized spacial score (nSPS) is 31.8. The molecule has 2 aliphatic carbocycles. The van der Waals surface area contributed by atoms with Crippen LogP contribution in [-0.2, 0) is 25.7 Å². The number of hydrogen-bond donors (Lipinski definition) is 4. The summed E-state index contributed by atoms with van der Waals surface area (Å²) in [7, 11) is 0. The largest absolute Gasteiger partial charge is 0.480 e. The van der Waals surface area contributed by atoms with Gasteiger partial charge in [0.15, 0.2) is 5.67 Å². The molecule has 2 aliphatic rings. The molecule has 0 saturated heterocycles. The van der Waals surface area contributed by atoms with Crippen LogP contribution in [0.15, 0.2) is 18.2 Å². The Balaban J connectivity index is 1.73. The summed E-state index contributed by atoms with van der Waals surface area (Å²) in [5.74, 6) is -6.32. The maximum atomic E-state index is 15.6. The molecule has 11 heteroatoms. The van der Waals surface area contributed by atoms with Crippen LogP contribution < -0.4 is 11.1 Å². The molecule has 1 aromatic carbocycles. The first-order chi connectivity index (χ1) is 14.8. The number of carbonyl (C=O) groups excluding carboxylic acids is 1. The lowest BCUT2D eigenvalue weighted by Gasteiger charge is -2.32. The molecule has 8 nitrogen and oxygen atoms in total. The number of halogens is 3. The Kier molecular flexibility index (Phi) is 6.77. The number of amides is 1. The summed E-state index contributed by atoms with van der Waals surface area (Å²) in [5, 5.41) is 22.0. The molecule has 176 valence electrons. The van der Waals surface area contributed by atoms with Gasteiger partial charge < -0.3 is 26.0 Å². The molecular formula is C21H25Cl2FN2O6. The molecule has 3 rings (SSSR count). The Bertz CT molecular complexity index is 947. The Morgan fingerprint density at radius 1 is 1.28 bits per heavy atom. The minimum atomic E-state index is -2.57. The van der Waals surface area contributed by atoms with Crippen LogP contribution in [0.5, 0.6) is 0 Å². The molecule has 2 saturated carbocycles. The van der Waals surface area contributed by atoms with Gasteiger partial charge in [-0.1, -0.05) is 43.1 Å². The second-order valence-corrected chi connectivity index (χ2v) is 9.68. The third kappa shape index (κ3) is 4.19. The smallest absolute Gasteiger partial charge is 0.326 e. The molecule has 1 amide bonds. The summed E-state index contributed by atoms with van der Waals surface area (Å²) >= 11 is 11.8. The molecule has 2 fully saturated rings. The van der Waals surface area contributed by atoms with Crippen molar-refractivity contribution in [2.24, 2.45) is 23.5 Å². The van der Waals surface area contributed by atoms with Crippen LogP contribution in [0, 0.1) is 17.8 Å². The van der Waals surface area contributed by atoms with Crippen molar-refractivity contribution in [1.82, 2.24) is 5.32 Å². The Hall–Kier alpha value is -1.94. The van der Waals surface area contributed by atoms with Gasteiger partial charge in [0.1, 0.15) is 11.6 Å². The molecule has 32 heavy (non-hydrogen) atoms. The molecule has 0 unspecified atom stereocenters. The fraction of sp³-hybridized carbons (Fsp3) is 0.571. The lowest BCUT2D eigenvalue weighted by atomic mass is 9.87. The predicted molar refractivity (Wildman–Crippen MR) is 114 cm³/mol. The number of hydrogen-bond acceptors (Lipinski definition) is 5. The van der Waals surface area contributed by atoms with E-state index in [0.29, 0.717) is 15.6 Å². The van der Waals surface area contributed by atoms with E-state index in [1.165, 1.54) is 0 Å². The van der Waals surface area contributed by atoms with Gasteiger partial charge in [-0.15, -0.1) is 0 Å². The highest BCUT2D eigenvalue weighted by Gasteiger charge is 2.84. The van der Waals surface area contributed by atoms with Gasteiger partial charge in [0.25, 0.3) is 5.91 Å². The number of benzene rings is 1. The van der Waals surface area contributed by atoms with Gasteiger partial charge in [-0.2, -0.15) is 0 Å². The summed E-state index contributed by atoms with van der Waals surface area (Å²) < 4.78 is 21.3. The summed E-state index contributed by atoms with van der Waals surface area (Å²) in [5.41, 5.74) is 2.03. The van der Waals surface area contributed by atoms with Gasteiger partial charge in [0.05, 0.1) is 22.8 Å². The molecule has 0 heterocycles. The topological polar surface area (TPSA) is 139 Å². The Morgan fingerprint density at radius 2 is 1.94 bits per heavy atom. The molecular weight excluding hydrogens is 466 g/mol. The number of carboxylic acids is 2. The van der Waals surface area contributed by atoms with E-state index in [2.05, 4.69) is 5.32 Å². The van der Waals surface area contributed by atoms with Crippen molar-refractivity contribution in [3.63, 3.8) is 0 Å². The van der Waals surface area contributed by atoms with Crippen LogP contribution in [0.3, 0.4) is 0 Å². The molecule has 6 atom stereocenters. The molecule has 0 radical (unpaired) electrons. The molecule has 1 aromatic rings. The third-order valence-electron chi connectivity index (χ3n) is 6.27.